The molecule has 2 amide bonds. The Morgan fingerprint density at radius 2 is 1.60 bits per heavy atom. The minimum Gasteiger partial charge on any atom is -0.506 e. The molecule has 18 heteroatoms. The summed E-state index contributed by atoms with van der Waals surface area (Å²) in [5.74, 6) is -0.290. The number of anilines is 1. The van der Waals surface area contributed by atoms with Crippen LogP contribution in [0.5, 0.6) is 28.7 Å². The van der Waals surface area contributed by atoms with Gasteiger partial charge in [0, 0.05) is 29.6 Å². The predicted molar refractivity (Wildman–Crippen MR) is 238 cm³/mol. The monoisotopic (exact) mass is 898 g/mol. The minimum atomic E-state index is -4.73. The first-order valence-corrected chi connectivity index (χ1v) is 21.9. The maximum Gasteiger partial charge on any atom is 0.294 e. The second-order valence-electron chi connectivity index (χ2n) is 15.2. The van der Waals surface area contributed by atoms with E-state index in [1.165, 1.54) is 30.2 Å². The molecular formula is C45H46N4O12S2. The maximum absolute atomic E-state index is 13.4. The van der Waals surface area contributed by atoms with Gasteiger partial charge in [-0.2, -0.15) is 13.5 Å². The van der Waals surface area contributed by atoms with Crippen molar-refractivity contribution in [2.75, 3.05) is 18.5 Å². The van der Waals surface area contributed by atoms with Gasteiger partial charge in [-0.25, -0.2) is 5.26 Å². The van der Waals surface area contributed by atoms with Gasteiger partial charge in [0.1, 0.15) is 28.7 Å². The molecule has 0 spiro atoms. The van der Waals surface area contributed by atoms with Crippen molar-refractivity contribution in [3.8, 4) is 28.7 Å². The van der Waals surface area contributed by atoms with Gasteiger partial charge in [0.05, 0.1) is 45.4 Å². The number of nitrogens with one attached hydrogen (secondary N) is 2. The van der Waals surface area contributed by atoms with E-state index in [0.29, 0.717) is 60.3 Å². The number of carbonyl (C=O) groups excluding carboxylic acids is 2. The Hall–Kier alpha value is -6.28. The molecule has 6 rings (SSSR count). The molecule has 16 nitrogen and oxygen atoms in total. The SMILES string of the molecule is CCC(C)(C)c1cc(C)ccc1OCCCCNC(=O)c1cc(Oc2ccc(N=Nc3c(SOOO)cc4cc(S(=O)(=O)O)cc(NC(C)=O)c4c3O)cc2)c2ccccc2c1O. The van der Waals surface area contributed by atoms with Gasteiger partial charge < -0.3 is 30.3 Å². The summed E-state index contributed by atoms with van der Waals surface area (Å²) in [6.07, 6.45) is 2.31. The third-order valence-corrected chi connectivity index (χ3v) is 11.8. The van der Waals surface area contributed by atoms with Crippen LogP contribution in [0.1, 0.15) is 68.4 Å². The number of aryl methyl sites for hydroxylation is 1. The summed E-state index contributed by atoms with van der Waals surface area (Å²) >= 11 is 0.405. The van der Waals surface area contributed by atoms with E-state index in [9.17, 15) is 32.8 Å². The Labute approximate surface area is 367 Å². The molecular weight excluding hydrogens is 853 g/mol. The van der Waals surface area contributed by atoms with Crippen LogP contribution in [0.4, 0.5) is 17.1 Å². The molecule has 0 heterocycles. The first kappa shape index (κ1) is 46.2. The lowest BCUT2D eigenvalue weighted by molar-refractivity contribution is -0.432. The molecule has 6 aromatic rings. The van der Waals surface area contributed by atoms with Crippen LogP contribution < -0.4 is 20.1 Å². The van der Waals surface area contributed by atoms with Crippen LogP contribution in [0, 0.1) is 6.92 Å². The normalized spacial score (nSPS) is 11.9. The third-order valence-electron chi connectivity index (χ3n) is 10.3. The number of rotatable bonds is 18. The molecule has 0 aliphatic rings. The second-order valence-corrected chi connectivity index (χ2v) is 17.3. The molecule has 6 aromatic carbocycles. The van der Waals surface area contributed by atoms with Gasteiger partial charge in [-0.05, 0) is 97.1 Å². The van der Waals surface area contributed by atoms with Gasteiger partial charge in [0.25, 0.3) is 16.0 Å². The topological polar surface area (TPSA) is 235 Å². The Morgan fingerprint density at radius 3 is 2.29 bits per heavy atom. The van der Waals surface area contributed by atoms with E-state index in [0.717, 1.165) is 24.3 Å². The van der Waals surface area contributed by atoms with Gasteiger partial charge in [-0.15, -0.1) is 9.45 Å². The summed E-state index contributed by atoms with van der Waals surface area (Å²) in [7, 11) is -4.73. The molecule has 330 valence electrons. The van der Waals surface area contributed by atoms with E-state index < -0.39 is 32.6 Å². The highest BCUT2D eigenvalue weighted by Gasteiger charge is 2.24. The molecule has 0 aliphatic carbocycles. The molecule has 0 unspecified atom stereocenters. The van der Waals surface area contributed by atoms with E-state index in [1.54, 1.807) is 48.5 Å². The predicted octanol–water partition coefficient (Wildman–Crippen LogP) is 10.8. The fourth-order valence-electron chi connectivity index (χ4n) is 6.70. The largest absolute Gasteiger partial charge is 0.506 e. The highest BCUT2D eigenvalue weighted by molar-refractivity contribution is 7.94. The Balaban J connectivity index is 1.18. The van der Waals surface area contributed by atoms with E-state index in [-0.39, 0.29) is 49.5 Å². The number of phenols is 2. The van der Waals surface area contributed by atoms with Crippen LogP contribution in [0.3, 0.4) is 0 Å². The number of hydrogen-bond acceptors (Lipinski definition) is 14. The second kappa shape index (κ2) is 19.8. The van der Waals surface area contributed by atoms with Crippen molar-refractivity contribution in [3.05, 3.63) is 108 Å². The van der Waals surface area contributed by atoms with E-state index in [2.05, 4.69) is 64.0 Å². The number of fused-ring (bicyclic) bond motifs is 2. The number of carbonyl (C=O) groups is 2. The standard InChI is InChI=1S/C45H46N4O12S2/c1-6-45(4,5)35-21-26(2)13-18-37(35)58-20-10-9-19-46-44(53)34-25-38(32-11-7-8-12-33(32)42(34)51)59-30-16-14-29(15-17-30)48-49-41-39(62-61-60-54)23-28-22-31(63(55,56)57)24-36(47-27(3)50)40(28)43(41)52/h7-8,11-18,21-25,51-52,54H,6,9-10,19-20H2,1-5H3,(H,46,53)(H,47,50)(H,55,56,57). The molecule has 6 N–H and O–H groups in total. The first-order chi connectivity index (χ1) is 30.0. The molecule has 0 aromatic heterocycles. The fraction of sp³-hybridized carbons (Fsp3) is 0.244. The maximum atomic E-state index is 13.4. The Morgan fingerprint density at radius 1 is 0.873 bits per heavy atom. The smallest absolute Gasteiger partial charge is 0.294 e. The molecule has 63 heavy (non-hydrogen) atoms. The van der Waals surface area contributed by atoms with Crippen molar-refractivity contribution in [2.45, 2.75) is 69.1 Å². The van der Waals surface area contributed by atoms with E-state index >= 15 is 0 Å². The van der Waals surface area contributed by atoms with Gasteiger partial charge in [0.15, 0.2) is 5.75 Å². The van der Waals surface area contributed by atoms with Crippen molar-refractivity contribution in [1.82, 2.24) is 5.32 Å². The van der Waals surface area contributed by atoms with Crippen LogP contribution in [-0.2, 0) is 29.7 Å². The average Bonchev–Trinajstić information content (AvgIpc) is 3.24. The summed E-state index contributed by atoms with van der Waals surface area (Å²) in [6, 6.07) is 24.3. The zero-order chi connectivity index (χ0) is 45.5. The van der Waals surface area contributed by atoms with Crippen LogP contribution in [0.15, 0.2) is 111 Å². The van der Waals surface area contributed by atoms with Crippen LogP contribution in [-0.4, -0.2) is 53.4 Å². The van der Waals surface area contributed by atoms with Gasteiger partial charge in [-0.1, -0.05) is 67.8 Å². The average molecular weight is 899 g/mol. The van der Waals surface area contributed by atoms with Gasteiger partial charge in [-0.3, -0.25) is 14.1 Å². The number of ether oxygens (including phenoxy) is 2. The van der Waals surface area contributed by atoms with Crippen molar-refractivity contribution in [3.63, 3.8) is 0 Å². The number of nitrogens with zero attached hydrogens (tertiary/aromatic N) is 2. The Kier molecular flexibility index (Phi) is 14.6. The van der Waals surface area contributed by atoms with Crippen molar-refractivity contribution >= 4 is 72.6 Å². The summed E-state index contributed by atoms with van der Waals surface area (Å²) in [5.41, 5.74) is 2.27. The molecule has 0 bridgehead atoms. The van der Waals surface area contributed by atoms with Crippen LogP contribution in [0.2, 0.25) is 0 Å². The fourth-order valence-corrected chi connectivity index (χ4v) is 7.74. The molecule has 0 fully saturated rings. The lowest BCUT2D eigenvalue weighted by Crippen LogP contribution is -2.25. The lowest BCUT2D eigenvalue weighted by atomic mass is 9.81. The number of benzene rings is 6. The molecule has 0 radical (unpaired) electrons. The summed E-state index contributed by atoms with van der Waals surface area (Å²) < 4.78 is 50.6. The van der Waals surface area contributed by atoms with E-state index in [4.69, 9.17) is 14.7 Å². The summed E-state index contributed by atoms with van der Waals surface area (Å²) in [6.45, 7) is 10.6. The summed E-state index contributed by atoms with van der Waals surface area (Å²) in [4.78, 5) is 24.9. The highest BCUT2D eigenvalue weighted by Crippen LogP contribution is 2.47. The van der Waals surface area contributed by atoms with Crippen LogP contribution in [0.25, 0.3) is 21.5 Å². The third kappa shape index (κ3) is 11.0. The zero-order valence-corrected chi connectivity index (χ0v) is 36.6. The molecule has 0 saturated heterocycles. The lowest BCUT2D eigenvalue weighted by Gasteiger charge is -2.26. The van der Waals surface area contributed by atoms with Crippen LogP contribution >= 0.6 is 12.0 Å². The number of amides is 2. The van der Waals surface area contributed by atoms with E-state index in [1.807, 2.05) is 12.1 Å². The highest BCUT2D eigenvalue weighted by atomic mass is 32.2. The number of azo groups is 1. The van der Waals surface area contributed by atoms with Crippen molar-refractivity contribution in [2.24, 2.45) is 10.2 Å². The number of phenolic OH excluding ortho intramolecular Hbond substituents is 2. The van der Waals surface area contributed by atoms with Gasteiger partial charge in [0.2, 0.25) is 5.91 Å². The zero-order valence-electron chi connectivity index (χ0n) is 35.0. The number of hydrogen-bond donors (Lipinski definition) is 6. The molecule has 0 aliphatic heterocycles. The molecule has 0 saturated carbocycles. The molecule has 0 atom stereocenters. The number of unbranched alkanes of at least 4 members (excludes halogenated alkanes) is 1. The van der Waals surface area contributed by atoms with Crippen molar-refractivity contribution in [1.29, 1.82) is 0 Å². The van der Waals surface area contributed by atoms with Gasteiger partial charge >= 0.3 is 0 Å². The number of aromatic hydroxyl groups is 2. The Bertz CT molecular complexity index is 2820. The van der Waals surface area contributed by atoms with Crippen molar-refractivity contribution < 1.29 is 56.9 Å². The quantitative estimate of drug-likeness (QED) is 0.0118. The summed E-state index contributed by atoms with van der Waals surface area (Å²) in [5, 5.41) is 49.8. The first-order valence-electron chi connectivity index (χ1n) is 19.7. The minimum absolute atomic E-state index is 0.00435.